The van der Waals surface area contributed by atoms with Crippen molar-refractivity contribution in [3.8, 4) is 0 Å². The van der Waals surface area contributed by atoms with Gasteiger partial charge in [-0.2, -0.15) is 0 Å². The summed E-state index contributed by atoms with van der Waals surface area (Å²) in [4.78, 5) is 43.1. The van der Waals surface area contributed by atoms with E-state index in [2.05, 4.69) is 20.5 Å². The number of hydrogen-bond acceptors (Lipinski definition) is 6. The Balaban J connectivity index is 1.45. The van der Waals surface area contributed by atoms with Gasteiger partial charge in [0.2, 0.25) is 0 Å². The van der Waals surface area contributed by atoms with Gasteiger partial charge in [0.05, 0.1) is 5.56 Å². The zero-order valence-electron chi connectivity index (χ0n) is 19.1. The number of nitrogens with two attached hydrogens (primary N) is 1. The number of primary amides is 1. The Bertz CT molecular complexity index is 1050. The summed E-state index contributed by atoms with van der Waals surface area (Å²) in [5, 5.41) is 6.30. The standard InChI is InChI=1S/C25H31N5O3/c1-3-27-21-12-17(6-8-20(21)24(26)32)25(33)29-19-11-16-5-4-10-30(22(16)13-19)23-9-7-18(14-28-23)15(2)31/h6-9,12,14,16,19,22,27H,3-5,10-11,13H2,1-2H3,(H2,26,32)(H,29,33). The molecule has 1 aromatic heterocycles. The summed E-state index contributed by atoms with van der Waals surface area (Å²) in [5.41, 5.74) is 7.51. The number of carbonyl (C=O) groups excluding carboxylic acids is 3. The maximum Gasteiger partial charge on any atom is 0.251 e. The summed E-state index contributed by atoms with van der Waals surface area (Å²) >= 11 is 0. The average molecular weight is 450 g/mol. The van der Waals surface area contributed by atoms with Gasteiger partial charge in [0, 0.05) is 48.2 Å². The summed E-state index contributed by atoms with van der Waals surface area (Å²) in [6, 6.07) is 9.08. The lowest BCUT2D eigenvalue weighted by Crippen LogP contribution is -2.43. The molecule has 1 saturated heterocycles. The van der Waals surface area contributed by atoms with E-state index in [0.717, 1.165) is 38.0 Å². The van der Waals surface area contributed by atoms with E-state index in [1.165, 1.54) is 0 Å². The maximum absolute atomic E-state index is 13.0. The molecule has 8 nitrogen and oxygen atoms in total. The van der Waals surface area contributed by atoms with Gasteiger partial charge in [0.15, 0.2) is 5.78 Å². The number of piperidine rings is 1. The van der Waals surface area contributed by atoms with Crippen molar-refractivity contribution < 1.29 is 14.4 Å². The van der Waals surface area contributed by atoms with Gasteiger partial charge in [0.25, 0.3) is 11.8 Å². The molecule has 3 unspecified atom stereocenters. The lowest BCUT2D eigenvalue weighted by atomic mass is 9.92. The smallest absolute Gasteiger partial charge is 0.251 e. The van der Waals surface area contributed by atoms with Crippen LogP contribution in [-0.4, -0.2) is 47.8 Å². The third kappa shape index (κ3) is 4.84. The lowest BCUT2D eigenvalue weighted by molar-refractivity contribution is 0.0934. The van der Waals surface area contributed by atoms with Gasteiger partial charge in [-0.25, -0.2) is 4.98 Å². The van der Waals surface area contributed by atoms with Crippen LogP contribution in [0.2, 0.25) is 0 Å². The van der Waals surface area contributed by atoms with Crippen molar-refractivity contribution in [3.63, 3.8) is 0 Å². The molecular weight excluding hydrogens is 418 g/mol. The van der Waals surface area contributed by atoms with E-state index in [-0.39, 0.29) is 17.7 Å². The first-order chi connectivity index (χ1) is 15.9. The molecular formula is C25H31N5O3. The third-order valence-corrected chi connectivity index (χ3v) is 6.73. The van der Waals surface area contributed by atoms with E-state index in [9.17, 15) is 14.4 Å². The predicted molar refractivity (Wildman–Crippen MR) is 128 cm³/mol. The second kappa shape index (κ2) is 9.60. The Labute approximate surface area is 193 Å². The van der Waals surface area contributed by atoms with Gasteiger partial charge < -0.3 is 21.3 Å². The van der Waals surface area contributed by atoms with Crippen molar-refractivity contribution in [2.75, 3.05) is 23.3 Å². The molecule has 2 fully saturated rings. The molecule has 1 aromatic carbocycles. The van der Waals surface area contributed by atoms with Crippen LogP contribution in [0.5, 0.6) is 0 Å². The first-order valence-electron chi connectivity index (χ1n) is 11.6. The number of rotatable bonds is 7. The molecule has 3 atom stereocenters. The molecule has 33 heavy (non-hydrogen) atoms. The summed E-state index contributed by atoms with van der Waals surface area (Å²) in [5.74, 6) is 0.717. The molecule has 8 heteroatoms. The minimum absolute atomic E-state index is 0.00960. The number of carbonyl (C=O) groups is 3. The van der Waals surface area contributed by atoms with Crippen molar-refractivity contribution in [2.45, 2.75) is 51.6 Å². The minimum atomic E-state index is -0.525. The highest BCUT2D eigenvalue weighted by atomic mass is 16.2. The van der Waals surface area contributed by atoms with Gasteiger partial charge in [-0.05, 0) is 75.8 Å². The molecule has 1 aliphatic heterocycles. The van der Waals surface area contributed by atoms with Gasteiger partial charge in [-0.1, -0.05) is 0 Å². The van der Waals surface area contributed by atoms with Crippen LogP contribution in [0, 0.1) is 5.92 Å². The van der Waals surface area contributed by atoms with E-state index in [1.54, 1.807) is 31.3 Å². The molecule has 1 aliphatic carbocycles. The number of amides is 2. The normalized spacial score (nSPS) is 21.9. The summed E-state index contributed by atoms with van der Waals surface area (Å²) in [7, 11) is 0. The van der Waals surface area contributed by atoms with Gasteiger partial charge in [-0.15, -0.1) is 0 Å². The zero-order valence-corrected chi connectivity index (χ0v) is 19.1. The van der Waals surface area contributed by atoms with Crippen LogP contribution in [0.1, 0.15) is 70.6 Å². The Hall–Kier alpha value is -3.42. The highest BCUT2D eigenvalue weighted by Crippen LogP contribution is 2.39. The summed E-state index contributed by atoms with van der Waals surface area (Å²) in [6.45, 7) is 5.01. The minimum Gasteiger partial charge on any atom is -0.385 e. The number of hydrogen-bond donors (Lipinski definition) is 3. The third-order valence-electron chi connectivity index (χ3n) is 6.73. The summed E-state index contributed by atoms with van der Waals surface area (Å²) in [6.07, 6.45) is 5.65. The van der Waals surface area contributed by atoms with E-state index in [1.807, 2.05) is 19.1 Å². The van der Waals surface area contributed by atoms with Crippen molar-refractivity contribution in [2.24, 2.45) is 11.7 Å². The summed E-state index contributed by atoms with van der Waals surface area (Å²) < 4.78 is 0. The maximum atomic E-state index is 13.0. The number of ketones is 1. The number of fused-ring (bicyclic) bond motifs is 1. The second-order valence-corrected chi connectivity index (χ2v) is 8.92. The van der Waals surface area contributed by atoms with Gasteiger partial charge in [-0.3, -0.25) is 14.4 Å². The Morgan fingerprint density at radius 2 is 1.94 bits per heavy atom. The van der Waals surface area contributed by atoms with Crippen LogP contribution >= 0.6 is 0 Å². The quantitative estimate of drug-likeness (QED) is 0.560. The molecule has 0 radical (unpaired) electrons. The van der Waals surface area contributed by atoms with E-state index in [4.69, 9.17) is 5.73 Å². The molecule has 2 amide bonds. The SMILES string of the molecule is CCNc1cc(C(=O)NC2CC3CCCN(c4ccc(C(C)=O)cn4)C3C2)ccc1C(N)=O. The van der Waals surface area contributed by atoms with Gasteiger partial charge in [0.1, 0.15) is 5.82 Å². The molecule has 4 rings (SSSR count). The second-order valence-electron chi connectivity index (χ2n) is 8.92. The fraction of sp³-hybridized carbons (Fsp3) is 0.440. The zero-order chi connectivity index (χ0) is 23.5. The number of nitrogens with one attached hydrogen (secondary N) is 2. The number of aromatic nitrogens is 1. The predicted octanol–water partition coefficient (Wildman–Crippen LogP) is 2.99. The molecule has 2 heterocycles. The topological polar surface area (TPSA) is 117 Å². The number of Topliss-reactive ketones (excluding diaryl/α,β-unsaturated/α-hetero) is 1. The largest absolute Gasteiger partial charge is 0.385 e. The first-order valence-corrected chi connectivity index (χ1v) is 11.6. The molecule has 1 saturated carbocycles. The van der Waals surface area contributed by atoms with E-state index in [0.29, 0.717) is 40.9 Å². The van der Waals surface area contributed by atoms with Crippen molar-refractivity contribution >= 4 is 29.1 Å². The Morgan fingerprint density at radius 1 is 1.15 bits per heavy atom. The van der Waals surface area contributed by atoms with Crippen molar-refractivity contribution in [3.05, 3.63) is 53.2 Å². The number of nitrogens with zero attached hydrogens (tertiary/aromatic N) is 2. The highest BCUT2D eigenvalue weighted by molar-refractivity contribution is 6.02. The van der Waals surface area contributed by atoms with Crippen molar-refractivity contribution in [1.82, 2.24) is 10.3 Å². The lowest BCUT2D eigenvalue weighted by Gasteiger charge is -2.38. The molecule has 0 bridgehead atoms. The molecule has 2 aliphatic rings. The van der Waals surface area contributed by atoms with E-state index >= 15 is 0 Å². The molecule has 0 spiro atoms. The highest BCUT2D eigenvalue weighted by Gasteiger charge is 2.41. The molecule has 4 N–H and O–H groups in total. The number of pyridine rings is 1. The average Bonchev–Trinajstić information content (AvgIpc) is 3.21. The Kier molecular flexibility index (Phi) is 6.62. The van der Waals surface area contributed by atoms with Crippen molar-refractivity contribution in [1.29, 1.82) is 0 Å². The number of benzene rings is 1. The van der Waals surface area contributed by atoms with Crippen LogP contribution in [0.4, 0.5) is 11.5 Å². The number of anilines is 2. The van der Waals surface area contributed by atoms with E-state index < -0.39 is 5.91 Å². The fourth-order valence-electron chi connectivity index (χ4n) is 5.16. The first kappa shape index (κ1) is 22.8. The van der Waals surface area contributed by atoms with Crippen LogP contribution in [0.25, 0.3) is 0 Å². The fourth-order valence-corrected chi connectivity index (χ4v) is 5.16. The Morgan fingerprint density at radius 3 is 2.61 bits per heavy atom. The van der Waals surface area contributed by atoms with Crippen LogP contribution in [-0.2, 0) is 0 Å². The van der Waals surface area contributed by atoms with Gasteiger partial charge >= 0.3 is 0 Å². The van der Waals surface area contributed by atoms with Crippen LogP contribution in [0.15, 0.2) is 36.5 Å². The molecule has 174 valence electrons. The van der Waals surface area contributed by atoms with Crippen LogP contribution in [0.3, 0.4) is 0 Å². The monoisotopic (exact) mass is 449 g/mol. The van der Waals surface area contributed by atoms with Crippen LogP contribution < -0.4 is 21.3 Å². The molecule has 2 aromatic rings.